The second-order valence-corrected chi connectivity index (χ2v) is 9.14. The molecule has 0 heterocycles. The first-order valence-corrected chi connectivity index (χ1v) is 12.5. The number of carbonyl (C=O) groups excluding carboxylic acids is 4. The van der Waals surface area contributed by atoms with Gasteiger partial charge in [-0.05, 0) is 31.6 Å². The van der Waals surface area contributed by atoms with Crippen LogP contribution in [0.3, 0.4) is 0 Å². The zero-order valence-corrected chi connectivity index (χ0v) is 22.4. The molecule has 0 fully saturated rings. The van der Waals surface area contributed by atoms with Crippen LogP contribution in [0.4, 0.5) is 0 Å². The number of nitrogens with one attached hydrogen (secondary N) is 4. The topological polar surface area (TPSA) is 244 Å². The van der Waals surface area contributed by atoms with Crippen molar-refractivity contribution in [3.63, 3.8) is 0 Å². The third kappa shape index (κ3) is 12.9. The van der Waals surface area contributed by atoms with E-state index < -0.39 is 60.3 Å². The first kappa shape index (κ1) is 33.6. The van der Waals surface area contributed by atoms with E-state index in [0.29, 0.717) is 19.3 Å². The lowest BCUT2D eigenvalue weighted by Gasteiger charge is -2.26. The van der Waals surface area contributed by atoms with Crippen LogP contribution in [0.1, 0.15) is 60.3 Å². The molecule has 212 valence electrons. The molecule has 14 nitrogen and oxygen atoms in total. The minimum Gasteiger partial charge on any atom is -0.480 e. The van der Waals surface area contributed by atoms with E-state index in [9.17, 15) is 29.1 Å². The van der Waals surface area contributed by atoms with Crippen LogP contribution in [0.25, 0.3) is 0 Å². The lowest BCUT2D eigenvalue weighted by molar-refractivity contribution is -0.142. The Morgan fingerprint density at radius 2 is 1.46 bits per heavy atom. The Bertz CT molecular complexity index is 817. The smallest absolute Gasteiger partial charge is 0.326 e. The molecule has 6 atom stereocenters. The van der Waals surface area contributed by atoms with Crippen LogP contribution in [0, 0.1) is 11.8 Å². The molecule has 0 saturated carbocycles. The minimum absolute atomic E-state index is 0.0713. The number of rotatable bonds is 17. The summed E-state index contributed by atoms with van der Waals surface area (Å²) in [5, 5.41) is 19.2. The van der Waals surface area contributed by atoms with Gasteiger partial charge in [-0.25, -0.2) is 4.79 Å². The fraction of sp³-hybridized carbons (Fsp3) is 0.739. The molecule has 4 amide bonds. The molecule has 0 aromatic carbocycles. The van der Waals surface area contributed by atoms with Crippen molar-refractivity contribution in [3.05, 3.63) is 0 Å². The van der Waals surface area contributed by atoms with Gasteiger partial charge in [-0.15, -0.1) is 0 Å². The number of hydrogen-bond donors (Lipinski definition) is 8. The lowest BCUT2D eigenvalue weighted by atomic mass is 9.95. The molecule has 0 rings (SSSR count). The van der Waals surface area contributed by atoms with Gasteiger partial charge in [-0.1, -0.05) is 40.5 Å². The summed E-state index contributed by atoms with van der Waals surface area (Å²) < 4.78 is 0. The Morgan fingerprint density at radius 1 is 0.865 bits per heavy atom. The van der Waals surface area contributed by atoms with Crippen molar-refractivity contribution in [1.82, 2.24) is 21.3 Å². The summed E-state index contributed by atoms with van der Waals surface area (Å²) >= 11 is 0. The zero-order valence-electron chi connectivity index (χ0n) is 22.4. The van der Waals surface area contributed by atoms with E-state index in [4.69, 9.17) is 17.2 Å². The average Bonchev–Trinajstić information content (AvgIpc) is 2.85. The molecule has 0 aliphatic heterocycles. The number of guanidine groups is 1. The Labute approximate surface area is 217 Å². The summed E-state index contributed by atoms with van der Waals surface area (Å²) in [6.07, 6.45) is 1.69. The van der Waals surface area contributed by atoms with Gasteiger partial charge in [0.15, 0.2) is 5.96 Å². The van der Waals surface area contributed by atoms with Crippen LogP contribution >= 0.6 is 0 Å². The Hall–Kier alpha value is -3.42. The maximum absolute atomic E-state index is 12.7. The Morgan fingerprint density at radius 3 is 1.97 bits per heavy atom. The van der Waals surface area contributed by atoms with Crippen molar-refractivity contribution in [2.45, 2.75) is 84.5 Å². The van der Waals surface area contributed by atoms with Crippen LogP contribution in [-0.4, -0.2) is 77.9 Å². The van der Waals surface area contributed by atoms with Crippen molar-refractivity contribution in [2.75, 3.05) is 13.1 Å². The van der Waals surface area contributed by atoms with Crippen LogP contribution in [0.15, 0.2) is 4.99 Å². The lowest BCUT2D eigenvalue weighted by Crippen LogP contribution is -2.56. The van der Waals surface area contributed by atoms with Crippen LogP contribution < -0.4 is 38.5 Å². The molecule has 0 aromatic rings. The Kier molecular flexibility index (Phi) is 15.5. The fourth-order valence-corrected chi connectivity index (χ4v) is 3.16. The molecular weight excluding hydrogens is 484 g/mol. The number of carboxylic acids is 1. The maximum Gasteiger partial charge on any atom is 0.326 e. The monoisotopic (exact) mass is 528 g/mol. The summed E-state index contributed by atoms with van der Waals surface area (Å²) in [6, 6.07) is -3.92. The van der Waals surface area contributed by atoms with E-state index in [1.54, 1.807) is 6.92 Å². The predicted molar refractivity (Wildman–Crippen MR) is 139 cm³/mol. The van der Waals surface area contributed by atoms with Crippen LogP contribution in [0.2, 0.25) is 0 Å². The van der Waals surface area contributed by atoms with E-state index in [1.807, 2.05) is 20.8 Å². The largest absolute Gasteiger partial charge is 0.480 e. The quantitative estimate of drug-likeness (QED) is 0.0598. The van der Waals surface area contributed by atoms with E-state index in [1.165, 1.54) is 6.92 Å². The molecule has 14 heteroatoms. The normalized spacial score (nSPS) is 15.6. The van der Waals surface area contributed by atoms with E-state index in [0.717, 1.165) is 0 Å². The minimum atomic E-state index is -1.24. The third-order valence-corrected chi connectivity index (χ3v) is 6.11. The maximum atomic E-state index is 12.7. The molecule has 0 aliphatic rings. The highest BCUT2D eigenvalue weighted by Crippen LogP contribution is 2.11. The Balaban J connectivity index is 4.89. The van der Waals surface area contributed by atoms with Crippen molar-refractivity contribution in [3.8, 4) is 0 Å². The van der Waals surface area contributed by atoms with Crippen LogP contribution in [0.5, 0.6) is 0 Å². The van der Waals surface area contributed by atoms with E-state index >= 15 is 0 Å². The highest BCUT2D eigenvalue weighted by atomic mass is 16.4. The highest BCUT2D eigenvalue weighted by Gasteiger charge is 2.30. The van der Waals surface area contributed by atoms with Crippen molar-refractivity contribution >= 4 is 35.6 Å². The first-order valence-electron chi connectivity index (χ1n) is 12.5. The second kappa shape index (κ2) is 17.1. The van der Waals surface area contributed by atoms with Crippen LogP contribution in [-0.2, 0) is 24.0 Å². The van der Waals surface area contributed by atoms with Crippen molar-refractivity contribution in [1.29, 1.82) is 0 Å². The number of carboxylic acid groups (broad SMARTS) is 1. The third-order valence-electron chi connectivity index (χ3n) is 6.11. The predicted octanol–water partition coefficient (Wildman–Crippen LogP) is -1.87. The zero-order chi connectivity index (χ0) is 28.7. The standard InChI is InChI=1S/C23H44N8O6/c1-6-12(3)17(24)20(34)31-18(13(4)7-2)21(35)28-11-16(32)29-14(5)19(33)30-15(22(36)37)9-8-10-27-23(25)26/h12-15,17-18H,6-11,24H2,1-5H3,(H,28,35)(H,29,32)(H,30,33)(H,31,34)(H,36,37)(H4,25,26,27)/t12-,13-,14-,15-,17-,18-/m0/s1. The molecular formula is C23H44N8O6. The molecule has 0 unspecified atom stereocenters. The number of nitrogens with two attached hydrogens (primary N) is 3. The van der Waals surface area contributed by atoms with Crippen molar-refractivity contribution in [2.24, 2.45) is 34.0 Å². The van der Waals surface area contributed by atoms with Gasteiger partial charge < -0.3 is 43.6 Å². The van der Waals surface area contributed by atoms with E-state index in [-0.39, 0.29) is 30.8 Å². The first-order chi connectivity index (χ1) is 17.2. The summed E-state index contributed by atoms with van der Waals surface area (Å²) in [5.74, 6) is -4.03. The summed E-state index contributed by atoms with van der Waals surface area (Å²) in [4.78, 5) is 65.1. The molecule has 0 bridgehead atoms. The second-order valence-electron chi connectivity index (χ2n) is 9.14. The molecule has 0 saturated heterocycles. The summed E-state index contributed by atoms with van der Waals surface area (Å²) in [7, 11) is 0. The summed E-state index contributed by atoms with van der Waals surface area (Å²) in [5.41, 5.74) is 16.4. The number of nitrogens with zero attached hydrogens (tertiary/aromatic N) is 1. The van der Waals surface area contributed by atoms with Gasteiger partial charge in [0.1, 0.15) is 18.1 Å². The molecule has 11 N–H and O–H groups in total. The van der Waals surface area contributed by atoms with Gasteiger partial charge in [-0.2, -0.15) is 0 Å². The molecule has 0 aliphatic carbocycles. The van der Waals surface area contributed by atoms with Gasteiger partial charge in [0.2, 0.25) is 23.6 Å². The molecule has 37 heavy (non-hydrogen) atoms. The molecule has 0 spiro atoms. The number of carbonyl (C=O) groups is 5. The number of hydrogen-bond acceptors (Lipinski definition) is 7. The highest BCUT2D eigenvalue weighted by molar-refractivity contribution is 5.94. The number of amides is 4. The van der Waals surface area contributed by atoms with Gasteiger partial charge in [0, 0.05) is 6.54 Å². The average molecular weight is 529 g/mol. The van der Waals surface area contributed by atoms with E-state index in [2.05, 4.69) is 26.3 Å². The summed E-state index contributed by atoms with van der Waals surface area (Å²) in [6.45, 7) is 8.55. The SMILES string of the molecule is CC[C@H](C)[C@H](N)C(=O)N[C@H](C(=O)NCC(=O)N[C@@H](C)C(=O)N[C@@H](CCCN=C(N)N)C(=O)O)[C@@H](C)CC. The fourth-order valence-electron chi connectivity index (χ4n) is 3.16. The van der Waals surface area contributed by atoms with Gasteiger partial charge in [0.25, 0.3) is 0 Å². The van der Waals surface area contributed by atoms with Gasteiger partial charge in [0.05, 0.1) is 12.6 Å². The van der Waals surface area contributed by atoms with Crippen molar-refractivity contribution < 1.29 is 29.1 Å². The number of aliphatic carboxylic acids is 1. The number of aliphatic imine (C=N–C) groups is 1. The molecule has 0 aromatic heterocycles. The van der Waals surface area contributed by atoms with Gasteiger partial charge >= 0.3 is 5.97 Å². The molecule has 0 radical (unpaired) electrons. The van der Waals surface area contributed by atoms with Gasteiger partial charge in [-0.3, -0.25) is 24.2 Å².